The lowest BCUT2D eigenvalue weighted by atomic mass is 10.1. The quantitative estimate of drug-likeness (QED) is 0.777. The third kappa shape index (κ3) is 3.00. The molecule has 0 radical (unpaired) electrons. The largest absolute Gasteiger partial charge is 0.351 e. The molecule has 2 aromatic heterocycles. The molecular formula is C17H21N7O. The molecule has 4 rings (SSSR count). The fourth-order valence-corrected chi connectivity index (χ4v) is 2.97. The summed E-state index contributed by atoms with van der Waals surface area (Å²) in [6.45, 7) is 7.95. The van der Waals surface area contributed by atoms with Crippen molar-refractivity contribution in [3.8, 4) is 0 Å². The molecule has 1 N–H and O–H groups in total. The SMILES string of the molecule is Cc1cccc(Nc2nc3nonc3nc2N2CCN(C)CC2)c1C. The van der Waals surface area contributed by atoms with Gasteiger partial charge in [0.2, 0.25) is 11.3 Å². The number of aryl methyl sites for hydroxylation is 1. The van der Waals surface area contributed by atoms with Crippen LogP contribution in [0.25, 0.3) is 11.3 Å². The van der Waals surface area contributed by atoms with Crippen molar-refractivity contribution in [3.63, 3.8) is 0 Å². The second kappa shape index (κ2) is 6.29. The first-order valence-electron chi connectivity index (χ1n) is 8.39. The number of nitrogens with one attached hydrogen (secondary N) is 1. The summed E-state index contributed by atoms with van der Waals surface area (Å²) in [7, 11) is 2.13. The molecule has 0 saturated carbocycles. The molecule has 1 saturated heterocycles. The van der Waals surface area contributed by atoms with E-state index in [-0.39, 0.29) is 0 Å². The average molecular weight is 339 g/mol. The summed E-state index contributed by atoms with van der Waals surface area (Å²) in [5, 5.41) is 11.1. The van der Waals surface area contributed by atoms with Crippen molar-refractivity contribution in [3.05, 3.63) is 29.3 Å². The van der Waals surface area contributed by atoms with Gasteiger partial charge in [-0.05, 0) is 48.4 Å². The van der Waals surface area contributed by atoms with Gasteiger partial charge >= 0.3 is 0 Å². The van der Waals surface area contributed by atoms with Crippen LogP contribution in [-0.4, -0.2) is 58.4 Å². The van der Waals surface area contributed by atoms with Crippen molar-refractivity contribution < 1.29 is 4.63 Å². The van der Waals surface area contributed by atoms with Crippen molar-refractivity contribution in [2.75, 3.05) is 43.4 Å². The Hall–Kier alpha value is -2.74. The smallest absolute Gasteiger partial charge is 0.245 e. The number of fused-ring (bicyclic) bond motifs is 1. The van der Waals surface area contributed by atoms with Crippen LogP contribution in [0.3, 0.4) is 0 Å². The Balaban J connectivity index is 1.75. The highest BCUT2D eigenvalue weighted by atomic mass is 16.6. The van der Waals surface area contributed by atoms with E-state index in [1.165, 1.54) is 11.1 Å². The third-order valence-electron chi connectivity index (χ3n) is 4.76. The van der Waals surface area contributed by atoms with E-state index in [0.29, 0.717) is 17.1 Å². The highest BCUT2D eigenvalue weighted by Gasteiger charge is 2.22. The lowest BCUT2D eigenvalue weighted by Gasteiger charge is -2.33. The summed E-state index contributed by atoms with van der Waals surface area (Å²) in [5.41, 5.74) is 4.27. The van der Waals surface area contributed by atoms with Crippen LogP contribution in [0.2, 0.25) is 0 Å². The molecular weight excluding hydrogens is 318 g/mol. The number of hydrogen-bond donors (Lipinski definition) is 1. The van der Waals surface area contributed by atoms with Crippen LogP contribution >= 0.6 is 0 Å². The van der Waals surface area contributed by atoms with Crippen molar-refractivity contribution >= 4 is 28.6 Å². The average Bonchev–Trinajstić information content (AvgIpc) is 3.06. The minimum absolute atomic E-state index is 0.408. The van der Waals surface area contributed by atoms with Gasteiger partial charge in [-0.15, -0.1) is 0 Å². The van der Waals surface area contributed by atoms with E-state index < -0.39 is 0 Å². The van der Waals surface area contributed by atoms with Crippen molar-refractivity contribution in [1.82, 2.24) is 25.2 Å². The van der Waals surface area contributed by atoms with Crippen LogP contribution in [0.4, 0.5) is 17.3 Å². The Kier molecular flexibility index (Phi) is 3.96. The highest BCUT2D eigenvalue weighted by Crippen LogP contribution is 2.29. The zero-order chi connectivity index (χ0) is 17.4. The molecule has 0 aliphatic carbocycles. The van der Waals surface area contributed by atoms with Gasteiger partial charge in [0.15, 0.2) is 11.6 Å². The van der Waals surface area contributed by atoms with Crippen molar-refractivity contribution in [1.29, 1.82) is 0 Å². The number of aromatic nitrogens is 4. The molecule has 0 spiro atoms. The molecule has 0 bridgehead atoms. The van der Waals surface area contributed by atoms with Crippen LogP contribution in [0.1, 0.15) is 11.1 Å². The first-order valence-corrected chi connectivity index (χ1v) is 8.39. The Morgan fingerprint density at radius 1 is 1.00 bits per heavy atom. The number of rotatable bonds is 3. The highest BCUT2D eigenvalue weighted by molar-refractivity contribution is 5.78. The van der Waals surface area contributed by atoms with Crippen LogP contribution in [0, 0.1) is 13.8 Å². The second-order valence-electron chi connectivity index (χ2n) is 6.47. The van der Waals surface area contributed by atoms with E-state index >= 15 is 0 Å². The number of nitrogens with zero attached hydrogens (tertiary/aromatic N) is 6. The Bertz CT molecular complexity index is 899. The van der Waals surface area contributed by atoms with Crippen LogP contribution in [0.5, 0.6) is 0 Å². The lowest BCUT2D eigenvalue weighted by Crippen LogP contribution is -2.45. The van der Waals surface area contributed by atoms with Gasteiger partial charge in [0, 0.05) is 31.9 Å². The van der Waals surface area contributed by atoms with E-state index in [9.17, 15) is 0 Å². The molecule has 3 aromatic rings. The second-order valence-corrected chi connectivity index (χ2v) is 6.47. The molecule has 1 aromatic carbocycles. The van der Waals surface area contributed by atoms with Gasteiger partial charge in [0.05, 0.1) is 0 Å². The summed E-state index contributed by atoms with van der Waals surface area (Å²) >= 11 is 0. The third-order valence-corrected chi connectivity index (χ3v) is 4.76. The molecule has 25 heavy (non-hydrogen) atoms. The number of benzene rings is 1. The minimum atomic E-state index is 0.408. The fraction of sp³-hybridized carbons (Fsp3) is 0.412. The molecule has 0 amide bonds. The maximum atomic E-state index is 4.79. The van der Waals surface area contributed by atoms with E-state index in [1.54, 1.807) is 0 Å². The Labute approximate surface area is 145 Å². The Morgan fingerprint density at radius 2 is 1.72 bits per heavy atom. The van der Waals surface area contributed by atoms with E-state index in [4.69, 9.17) is 4.63 Å². The first-order chi connectivity index (χ1) is 12.1. The number of hydrogen-bond acceptors (Lipinski definition) is 8. The molecule has 1 aliphatic rings. The van der Waals surface area contributed by atoms with E-state index in [2.05, 4.69) is 62.4 Å². The number of anilines is 3. The van der Waals surface area contributed by atoms with Crippen molar-refractivity contribution in [2.24, 2.45) is 0 Å². The van der Waals surface area contributed by atoms with E-state index in [1.807, 2.05) is 12.1 Å². The predicted molar refractivity (Wildman–Crippen MR) is 96.3 cm³/mol. The molecule has 0 unspecified atom stereocenters. The Morgan fingerprint density at radius 3 is 2.48 bits per heavy atom. The normalized spacial score (nSPS) is 15.7. The van der Waals surface area contributed by atoms with E-state index in [0.717, 1.165) is 37.7 Å². The molecule has 8 nitrogen and oxygen atoms in total. The van der Waals surface area contributed by atoms with Gasteiger partial charge < -0.3 is 15.1 Å². The minimum Gasteiger partial charge on any atom is -0.351 e. The van der Waals surface area contributed by atoms with Crippen LogP contribution < -0.4 is 10.2 Å². The van der Waals surface area contributed by atoms with Gasteiger partial charge in [0.1, 0.15) is 0 Å². The monoisotopic (exact) mass is 339 g/mol. The topological polar surface area (TPSA) is 83.2 Å². The van der Waals surface area contributed by atoms with Gasteiger partial charge in [-0.2, -0.15) is 0 Å². The van der Waals surface area contributed by atoms with Gasteiger partial charge in [-0.25, -0.2) is 14.6 Å². The zero-order valence-corrected chi connectivity index (χ0v) is 14.7. The van der Waals surface area contributed by atoms with Gasteiger partial charge in [-0.1, -0.05) is 12.1 Å². The number of likely N-dealkylation sites (N-methyl/N-ethyl adjacent to an activating group) is 1. The van der Waals surface area contributed by atoms with Crippen molar-refractivity contribution in [2.45, 2.75) is 13.8 Å². The molecule has 1 aliphatic heterocycles. The zero-order valence-electron chi connectivity index (χ0n) is 14.7. The summed E-state index contributed by atoms with van der Waals surface area (Å²) in [4.78, 5) is 13.8. The molecule has 1 fully saturated rings. The first kappa shape index (κ1) is 15.8. The van der Waals surface area contributed by atoms with Gasteiger partial charge in [-0.3, -0.25) is 0 Å². The molecule has 3 heterocycles. The van der Waals surface area contributed by atoms with Crippen LogP contribution in [0.15, 0.2) is 22.8 Å². The molecule has 0 atom stereocenters. The maximum Gasteiger partial charge on any atom is 0.245 e. The lowest BCUT2D eigenvalue weighted by molar-refractivity contribution is 0.311. The molecule has 8 heteroatoms. The standard InChI is InChI=1S/C17H21N7O/c1-11-5-4-6-13(12(11)2)18-16-17(24-9-7-23(3)8-10-24)20-15-14(19-16)21-25-22-15/h4-6H,7-10H2,1-3H3,(H,18,19,21). The number of piperazine rings is 1. The van der Waals surface area contributed by atoms with Gasteiger partial charge in [0.25, 0.3) is 0 Å². The summed E-state index contributed by atoms with van der Waals surface area (Å²) in [6.07, 6.45) is 0. The summed E-state index contributed by atoms with van der Waals surface area (Å²) in [6, 6.07) is 6.17. The summed E-state index contributed by atoms with van der Waals surface area (Å²) in [5.74, 6) is 1.47. The summed E-state index contributed by atoms with van der Waals surface area (Å²) < 4.78 is 4.79. The fourth-order valence-electron chi connectivity index (χ4n) is 2.97. The van der Waals surface area contributed by atoms with Crippen LogP contribution in [-0.2, 0) is 0 Å². The molecule has 130 valence electrons. The predicted octanol–water partition coefficient (Wildman–Crippen LogP) is 2.13. The maximum absolute atomic E-state index is 4.79.